The van der Waals surface area contributed by atoms with Gasteiger partial charge in [0, 0.05) is 24.2 Å². The number of benzene rings is 1. The second kappa shape index (κ2) is 7.46. The molecule has 20 heavy (non-hydrogen) atoms. The van der Waals surface area contributed by atoms with Crippen LogP contribution in [-0.2, 0) is 6.54 Å². The molecule has 1 unspecified atom stereocenters. The van der Waals surface area contributed by atoms with Crippen LogP contribution in [0.1, 0.15) is 36.8 Å². The van der Waals surface area contributed by atoms with Crippen LogP contribution in [0.3, 0.4) is 0 Å². The lowest BCUT2D eigenvalue weighted by Crippen LogP contribution is -2.23. The zero-order valence-corrected chi connectivity index (χ0v) is 13.4. The van der Waals surface area contributed by atoms with Crippen LogP contribution < -0.4 is 10.2 Å². The predicted octanol–water partition coefficient (Wildman–Crippen LogP) is 4.45. The van der Waals surface area contributed by atoms with Crippen LogP contribution in [0.25, 0.3) is 0 Å². The van der Waals surface area contributed by atoms with E-state index in [0.29, 0.717) is 6.04 Å². The normalized spacial score (nSPS) is 12.3. The number of rotatable bonds is 7. The molecule has 108 valence electrons. The highest BCUT2D eigenvalue weighted by Gasteiger charge is 2.15. The summed E-state index contributed by atoms with van der Waals surface area (Å²) in [5.74, 6) is 0. The fourth-order valence-electron chi connectivity index (χ4n) is 2.33. The van der Waals surface area contributed by atoms with Gasteiger partial charge in [0.2, 0.25) is 0 Å². The van der Waals surface area contributed by atoms with E-state index in [4.69, 9.17) is 0 Å². The highest BCUT2D eigenvalue weighted by atomic mass is 32.1. The van der Waals surface area contributed by atoms with Crippen molar-refractivity contribution in [1.82, 2.24) is 5.32 Å². The summed E-state index contributed by atoms with van der Waals surface area (Å²) < 4.78 is 0. The van der Waals surface area contributed by atoms with Gasteiger partial charge in [-0.2, -0.15) is 0 Å². The van der Waals surface area contributed by atoms with Crippen molar-refractivity contribution < 1.29 is 0 Å². The van der Waals surface area contributed by atoms with E-state index >= 15 is 0 Å². The number of anilines is 1. The number of para-hydroxylation sites is 1. The summed E-state index contributed by atoms with van der Waals surface area (Å²) in [4.78, 5) is 3.78. The number of hydrogen-bond donors (Lipinski definition) is 1. The molecule has 0 aliphatic carbocycles. The minimum Gasteiger partial charge on any atom is -0.367 e. The average molecular weight is 288 g/mol. The summed E-state index contributed by atoms with van der Waals surface area (Å²) in [7, 11) is 2.18. The predicted molar refractivity (Wildman–Crippen MR) is 89.6 cm³/mol. The Kier molecular flexibility index (Phi) is 5.62. The molecule has 0 radical (unpaired) electrons. The van der Waals surface area contributed by atoms with Gasteiger partial charge in [0.25, 0.3) is 0 Å². The fraction of sp³-hybridized carbons (Fsp3) is 0.412. The summed E-state index contributed by atoms with van der Waals surface area (Å²) in [5, 5.41) is 5.64. The standard InChI is InChI=1S/C17H24N2S/c1-4-11-18-13-15-8-5-6-9-16(15)19(3)14(2)17-10-7-12-20-17/h5-10,12,14,18H,4,11,13H2,1-3H3. The molecule has 0 saturated carbocycles. The Labute approximate surface area is 126 Å². The molecule has 1 atom stereocenters. The molecule has 0 aliphatic rings. The fourth-order valence-corrected chi connectivity index (χ4v) is 3.16. The highest BCUT2D eigenvalue weighted by molar-refractivity contribution is 7.10. The Bertz CT molecular complexity index is 507. The van der Waals surface area contributed by atoms with Crippen LogP contribution in [0.4, 0.5) is 5.69 Å². The molecule has 1 aromatic carbocycles. The highest BCUT2D eigenvalue weighted by Crippen LogP contribution is 2.30. The van der Waals surface area contributed by atoms with E-state index in [1.807, 2.05) is 11.3 Å². The molecular weight excluding hydrogens is 264 g/mol. The molecule has 2 aromatic rings. The van der Waals surface area contributed by atoms with Gasteiger partial charge in [-0.25, -0.2) is 0 Å². The van der Waals surface area contributed by atoms with Crippen LogP contribution in [0.5, 0.6) is 0 Å². The molecule has 0 amide bonds. The Morgan fingerprint density at radius 3 is 2.70 bits per heavy atom. The molecule has 0 aliphatic heterocycles. The van der Waals surface area contributed by atoms with E-state index in [1.165, 1.54) is 22.5 Å². The van der Waals surface area contributed by atoms with Gasteiger partial charge in [-0.1, -0.05) is 31.2 Å². The first-order chi connectivity index (χ1) is 9.74. The van der Waals surface area contributed by atoms with Gasteiger partial charge in [0.15, 0.2) is 0 Å². The lowest BCUT2D eigenvalue weighted by Gasteiger charge is -2.28. The summed E-state index contributed by atoms with van der Waals surface area (Å²) in [6.45, 7) is 6.47. The molecule has 0 bridgehead atoms. The quantitative estimate of drug-likeness (QED) is 0.757. The molecule has 1 heterocycles. The summed E-state index contributed by atoms with van der Waals surface area (Å²) in [5.41, 5.74) is 2.68. The minimum atomic E-state index is 0.405. The van der Waals surface area contributed by atoms with Gasteiger partial charge in [0.05, 0.1) is 6.04 Å². The van der Waals surface area contributed by atoms with Gasteiger partial charge >= 0.3 is 0 Å². The van der Waals surface area contributed by atoms with Crippen molar-refractivity contribution in [3.05, 3.63) is 52.2 Å². The van der Waals surface area contributed by atoms with Crippen molar-refractivity contribution in [2.24, 2.45) is 0 Å². The van der Waals surface area contributed by atoms with Gasteiger partial charge in [-0.15, -0.1) is 11.3 Å². The Balaban J connectivity index is 2.14. The molecule has 0 spiro atoms. The lowest BCUT2D eigenvalue weighted by atomic mass is 10.1. The van der Waals surface area contributed by atoms with Crippen molar-refractivity contribution in [2.45, 2.75) is 32.9 Å². The SMILES string of the molecule is CCCNCc1ccccc1N(C)C(C)c1cccs1. The smallest absolute Gasteiger partial charge is 0.0603 e. The average Bonchev–Trinajstić information content (AvgIpc) is 3.01. The molecule has 0 fully saturated rings. The van der Waals surface area contributed by atoms with Gasteiger partial charge < -0.3 is 10.2 Å². The van der Waals surface area contributed by atoms with Crippen LogP contribution in [-0.4, -0.2) is 13.6 Å². The number of nitrogens with zero attached hydrogens (tertiary/aromatic N) is 1. The zero-order valence-electron chi connectivity index (χ0n) is 12.6. The monoisotopic (exact) mass is 288 g/mol. The van der Waals surface area contributed by atoms with Crippen molar-refractivity contribution in [1.29, 1.82) is 0 Å². The Morgan fingerprint density at radius 2 is 2.00 bits per heavy atom. The molecule has 3 heteroatoms. The third-order valence-corrected chi connectivity index (χ3v) is 4.69. The lowest BCUT2D eigenvalue weighted by molar-refractivity contribution is 0.669. The number of hydrogen-bond acceptors (Lipinski definition) is 3. The number of nitrogens with one attached hydrogen (secondary N) is 1. The maximum Gasteiger partial charge on any atom is 0.0603 e. The molecular formula is C17H24N2S. The first-order valence-electron chi connectivity index (χ1n) is 7.29. The van der Waals surface area contributed by atoms with Crippen LogP contribution >= 0.6 is 11.3 Å². The maximum atomic E-state index is 3.50. The summed E-state index contributed by atoms with van der Waals surface area (Å²) in [6.07, 6.45) is 1.17. The first-order valence-corrected chi connectivity index (χ1v) is 8.16. The third kappa shape index (κ3) is 3.62. The van der Waals surface area contributed by atoms with Gasteiger partial charge in [-0.3, -0.25) is 0 Å². The van der Waals surface area contributed by atoms with E-state index < -0.39 is 0 Å². The van der Waals surface area contributed by atoms with Crippen molar-refractivity contribution in [2.75, 3.05) is 18.5 Å². The second-order valence-electron chi connectivity index (χ2n) is 5.11. The molecule has 2 nitrogen and oxygen atoms in total. The van der Waals surface area contributed by atoms with E-state index in [0.717, 1.165) is 13.1 Å². The van der Waals surface area contributed by atoms with Gasteiger partial charge in [0.1, 0.15) is 0 Å². The Morgan fingerprint density at radius 1 is 1.20 bits per heavy atom. The zero-order chi connectivity index (χ0) is 14.4. The van der Waals surface area contributed by atoms with Crippen molar-refractivity contribution >= 4 is 17.0 Å². The molecule has 2 rings (SSSR count). The topological polar surface area (TPSA) is 15.3 Å². The van der Waals surface area contributed by atoms with Crippen LogP contribution in [0.2, 0.25) is 0 Å². The molecule has 1 aromatic heterocycles. The van der Waals surface area contributed by atoms with E-state index in [1.54, 1.807) is 0 Å². The second-order valence-corrected chi connectivity index (χ2v) is 6.09. The minimum absolute atomic E-state index is 0.405. The van der Waals surface area contributed by atoms with Crippen molar-refractivity contribution in [3.8, 4) is 0 Å². The largest absolute Gasteiger partial charge is 0.367 e. The van der Waals surface area contributed by atoms with Gasteiger partial charge in [-0.05, 0) is 43.0 Å². The summed E-state index contributed by atoms with van der Waals surface area (Å²) in [6, 6.07) is 13.4. The number of thiophene rings is 1. The third-order valence-electron chi connectivity index (χ3n) is 3.65. The first kappa shape index (κ1) is 15.1. The Hall–Kier alpha value is -1.32. The van der Waals surface area contributed by atoms with E-state index in [-0.39, 0.29) is 0 Å². The van der Waals surface area contributed by atoms with E-state index in [9.17, 15) is 0 Å². The molecule has 1 N–H and O–H groups in total. The van der Waals surface area contributed by atoms with Crippen molar-refractivity contribution in [3.63, 3.8) is 0 Å². The maximum absolute atomic E-state index is 3.50. The van der Waals surface area contributed by atoms with Crippen LogP contribution in [0.15, 0.2) is 41.8 Å². The molecule has 0 saturated heterocycles. The van der Waals surface area contributed by atoms with Crippen LogP contribution in [0, 0.1) is 0 Å². The van der Waals surface area contributed by atoms with E-state index in [2.05, 4.69) is 72.9 Å². The summed E-state index contributed by atoms with van der Waals surface area (Å²) >= 11 is 1.82.